The molecule has 0 saturated carbocycles. The van der Waals surface area contributed by atoms with Gasteiger partial charge >= 0.3 is 0 Å². The molecule has 2 aromatic carbocycles. The Morgan fingerprint density at radius 1 is 1.07 bits per heavy atom. The number of aromatic nitrogens is 3. The normalized spacial score (nSPS) is 10.1. The second-order valence-electron chi connectivity index (χ2n) is 5.86. The Bertz CT molecular complexity index is 920. The van der Waals surface area contributed by atoms with Crippen molar-refractivity contribution >= 4 is 40.8 Å². The number of aryl methyl sites for hydroxylation is 2. The quantitative estimate of drug-likeness (QED) is 0.407. The third-order valence-corrected chi connectivity index (χ3v) is 5.14. The lowest BCUT2D eigenvalue weighted by molar-refractivity contribution is 0.785. The van der Waals surface area contributed by atoms with Crippen LogP contribution in [-0.4, -0.2) is 21.4 Å². The third-order valence-electron chi connectivity index (χ3n) is 3.88. The van der Waals surface area contributed by atoms with Crippen molar-refractivity contribution < 1.29 is 0 Å². The van der Waals surface area contributed by atoms with Crippen LogP contribution in [0.5, 0.6) is 0 Å². The first-order valence-corrected chi connectivity index (χ1v) is 10.2. The van der Waals surface area contributed by atoms with E-state index in [0.29, 0.717) is 5.02 Å². The van der Waals surface area contributed by atoms with Crippen LogP contribution in [0, 0.1) is 20.8 Å². The summed E-state index contributed by atoms with van der Waals surface area (Å²) in [6, 6.07) is 13.9. The zero-order valence-corrected chi connectivity index (χ0v) is 18.1. The molecule has 0 aliphatic rings. The van der Waals surface area contributed by atoms with Crippen LogP contribution in [0.25, 0.3) is 11.4 Å². The predicted octanol–water partition coefficient (Wildman–Crippen LogP) is 5.97. The van der Waals surface area contributed by atoms with Crippen molar-refractivity contribution in [2.45, 2.75) is 25.7 Å². The molecule has 0 saturated heterocycles. The van der Waals surface area contributed by atoms with E-state index in [1.165, 1.54) is 34.4 Å². The number of alkyl halides is 1. The van der Waals surface area contributed by atoms with Crippen LogP contribution in [0.3, 0.4) is 0 Å². The van der Waals surface area contributed by atoms with Gasteiger partial charge in [0.15, 0.2) is 0 Å². The molecule has 4 nitrogen and oxygen atoms in total. The van der Waals surface area contributed by atoms with E-state index < -0.39 is 0 Å². The first-order valence-electron chi connectivity index (χ1n) is 8.21. The monoisotopic (exact) mass is 420 g/mol. The van der Waals surface area contributed by atoms with Gasteiger partial charge in [-0.2, -0.15) is 0 Å². The maximum atomic E-state index is 5.95. The molecule has 7 heteroatoms. The molecule has 0 amide bonds. The highest BCUT2D eigenvalue weighted by molar-refractivity contribution is 7.97. The van der Waals surface area contributed by atoms with Gasteiger partial charge in [0.2, 0.25) is 0 Å². The average Bonchev–Trinajstić information content (AvgIpc) is 3.06. The number of nitrogens with one attached hydrogen (secondary N) is 1. The Hall–Kier alpha value is -1.95. The fourth-order valence-electron chi connectivity index (χ4n) is 2.42. The summed E-state index contributed by atoms with van der Waals surface area (Å²) >= 11 is 12.1. The molecule has 0 radical (unpaired) electrons. The number of halogens is 2. The van der Waals surface area contributed by atoms with E-state index in [2.05, 4.69) is 65.3 Å². The molecule has 0 bridgehead atoms. The van der Waals surface area contributed by atoms with Crippen molar-refractivity contribution in [3.8, 4) is 5.69 Å². The fraction of sp³-hybridized carbons (Fsp3) is 0.200. The van der Waals surface area contributed by atoms with E-state index in [1.54, 1.807) is 4.68 Å². The molecule has 0 atom stereocenters. The summed E-state index contributed by atoms with van der Waals surface area (Å²) in [5, 5.41) is 9.20. The van der Waals surface area contributed by atoms with Crippen molar-refractivity contribution in [3.05, 3.63) is 76.6 Å². The number of rotatable bonds is 5. The van der Waals surface area contributed by atoms with Crippen LogP contribution in [0.1, 0.15) is 22.5 Å². The molecule has 1 heterocycles. The molecular weight excluding hydrogens is 399 g/mol. The molecule has 0 unspecified atom stereocenters. The van der Waals surface area contributed by atoms with E-state index in [0.717, 1.165) is 22.8 Å². The van der Waals surface area contributed by atoms with Crippen molar-refractivity contribution in [2.24, 2.45) is 0 Å². The predicted molar refractivity (Wildman–Crippen MR) is 117 cm³/mol. The van der Waals surface area contributed by atoms with E-state index in [4.69, 9.17) is 11.6 Å². The lowest BCUT2D eigenvalue weighted by Crippen LogP contribution is -2.04. The molecule has 1 aromatic heterocycles. The molecule has 0 spiro atoms. The molecule has 27 heavy (non-hydrogen) atoms. The SMILES string of the molecule is C=C(NSc1cc(C)ccc1C)c1nnn(-c2ccc(Cl)cc2)c1C.CCl. The van der Waals surface area contributed by atoms with Crippen LogP contribution < -0.4 is 4.72 Å². The molecule has 142 valence electrons. The summed E-state index contributed by atoms with van der Waals surface area (Å²) in [6.07, 6.45) is 1.47. The Labute approximate surface area is 174 Å². The second kappa shape index (κ2) is 9.83. The third kappa shape index (κ3) is 5.28. The molecule has 0 fully saturated rings. The average molecular weight is 421 g/mol. The van der Waals surface area contributed by atoms with Crippen LogP contribution in [0.2, 0.25) is 5.02 Å². The van der Waals surface area contributed by atoms with Gasteiger partial charge in [0.25, 0.3) is 0 Å². The highest BCUT2D eigenvalue weighted by Gasteiger charge is 2.13. The molecule has 3 rings (SSSR count). The van der Waals surface area contributed by atoms with E-state index >= 15 is 0 Å². The maximum absolute atomic E-state index is 5.95. The highest BCUT2D eigenvalue weighted by atomic mass is 35.5. The molecule has 1 N–H and O–H groups in total. The smallest absolute Gasteiger partial charge is 0.132 e. The summed E-state index contributed by atoms with van der Waals surface area (Å²) in [5.41, 5.74) is 5.75. The minimum absolute atomic E-state index is 0.692. The maximum Gasteiger partial charge on any atom is 0.132 e. The van der Waals surface area contributed by atoms with Crippen LogP contribution in [0.4, 0.5) is 0 Å². The van der Waals surface area contributed by atoms with Crippen LogP contribution in [0.15, 0.2) is 53.9 Å². The van der Waals surface area contributed by atoms with Gasteiger partial charge in [0.05, 0.1) is 17.1 Å². The molecular formula is C20H22Cl2N4S. The number of hydrogen-bond acceptors (Lipinski definition) is 4. The zero-order chi connectivity index (χ0) is 20.0. The largest absolute Gasteiger partial charge is 0.324 e. The summed E-state index contributed by atoms with van der Waals surface area (Å²) in [6.45, 7) is 10.3. The van der Waals surface area contributed by atoms with Crippen LogP contribution in [-0.2, 0) is 0 Å². The summed E-state index contributed by atoms with van der Waals surface area (Å²) in [7, 11) is 0. The van der Waals surface area contributed by atoms with Gasteiger partial charge in [0.1, 0.15) is 5.69 Å². The fourth-order valence-corrected chi connectivity index (χ4v) is 3.35. The number of hydrogen-bond donors (Lipinski definition) is 1. The topological polar surface area (TPSA) is 42.7 Å². The standard InChI is InChI=1S/C19H19ClN4S.CH3Cl/c1-12-5-6-13(2)18(11-12)25-22-14(3)19-15(4)24(23-21-19)17-9-7-16(20)8-10-17;1-2/h5-11,22H,3H2,1-2,4H3;1H3. The Morgan fingerprint density at radius 3 is 2.41 bits per heavy atom. The van der Waals surface area contributed by atoms with Gasteiger partial charge in [-0.15, -0.1) is 16.7 Å². The number of nitrogens with zero attached hydrogens (tertiary/aromatic N) is 3. The minimum atomic E-state index is 0.692. The lowest BCUT2D eigenvalue weighted by Gasteiger charge is -2.10. The van der Waals surface area contributed by atoms with Gasteiger partial charge in [-0.25, -0.2) is 4.68 Å². The van der Waals surface area contributed by atoms with Crippen LogP contribution >= 0.6 is 35.1 Å². The van der Waals surface area contributed by atoms with Crippen molar-refractivity contribution in [1.29, 1.82) is 0 Å². The minimum Gasteiger partial charge on any atom is -0.324 e. The highest BCUT2D eigenvalue weighted by Crippen LogP contribution is 2.25. The first kappa shape index (κ1) is 21.4. The van der Waals surface area contributed by atoms with E-state index in [-0.39, 0.29) is 0 Å². The van der Waals surface area contributed by atoms with Crippen molar-refractivity contribution in [2.75, 3.05) is 6.38 Å². The molecule has 3 aromatic rings. The summed E-state index contributed by atoms with van der Waals surface area (Å²) in [4.78, 5) is 1.17. The van der Waals surface area contributed by atoms with Crippen molar-refractivity contribution in [1.82, 2.24) is 19.7 Å². The number of benzene rings is 2. The molecule has 0 aliphatic heterocycles. The van der Waals surface area contributed by atoms with Gasteiger partial charge in [-0.1, -0.05) is 35.5 Å². The second-order valence-corrected chi connectivity index (χ2v) is 7.15. The lowest BCUT2D eigenvalue weighted by atomic mass is 10.2. The Balaban J connectivity index is 0.00000126. The molecule has 0 aliphatic carbocycles. The van der Waals surface area contributed by atoms with E-state index in [1.807, 2.05) is 31.2 Å². The van der Waals surface area contributed by atoms with Gasteiger partial charge < -0.3 is 4.72 Å². The van der Waals surface area contributed by atoms with Gasteiger partial charge in [-0.3, -0.25) is 0 Å². The zero-order valence-electron chi connectivity index (χ0n) is 15.8. The first-order chi connectivity index (χ1) is 13.0. The summed E-state index contributed by atoms with van der Waals surface area (Å²) in [5.74, 6) is 0. The van der Waals surface area contributed by atoms with E-state index in [9.17, 15) is 0 Å². The Kier molecular flexibility index (Phi) is 7.78. The van der Waals surface area contributed by atoms with Crippen molar-refractivity contribution in [3.63, 3.8) is 0 Å². The summed E-state index contributed by atoms with van der Waals surface area (Å²) < 4.78 is 5.06. The van der Waals surface area contributed by atoms with Gasteiger partial charge in [-0.05, 0) is 74.2 Å². The Morgan fingerprint density at radius 2 is 1.74 bits per heavy atom. The van der Waals surface area contributed by atoms with Gasteiger partial charge in [0, 0.05) is 16.3 Å².